The lowest BCUT2D eigenvalue weighted by Crippen LogP contribution is -2.16. The van der Waals surface area contributed by atoms with Crippen molar-refractivity contribution in [2.24, 2.45) is 5.92 Å². The molecule has 3 atom stereocenters. The van der Waals surface area contributed by atoms with Crippen molar-refractivity contribution in [2.45, 2.75) is 38.5 Å². The Morgan fingerprint density at radius 1 is 1.39 bits per heavy atom. The van der Waals surface area contributed by atoms with Crippen molar-refractivity contribution in [3.05, 3.63) is 11.7 Å². The maximum Gasteiger partial charge on any atom is 0.243 e. The summed E-state index contributed by atoms with van der Waals surface area (Å²) in [5, 5.41) is 7.32. The van der Waals surface area contributed by atoms with Crippen LogP contribution in [0.25, 0.3) is 0 Å². The van der Waals surface area contributed by atoms with Crippen LogP contribution in [0.15, 0.2) is 4.52 Å². The monoisotopic (exact) mass is 255 g/mol. The van der Waals surface area contributed by atoms with E-state index in [1.54, 1.807) is 14.2 Å². The Balaban J connectivity index is 2.06. The molecule has 2 rings (SSSR count). The summed E-state index contributed by atoms with van der Waals surface area (Å²) in [7, 11) is 3.38. The fourth-order valence-electron chi connectivity index (χ4n) is 2.25. The predicted molar refractivity (Wildman–Crippen MR) is 65.0 cm³/mol. The Bertz CT molecular complexity index is 380. The number of nitrogens with one attached hydrogen (secondary N) is 1. The largest absolute Gasteiger partial charge is 0.380 e. The molecule has 1 aliphatic rings. The number of methoxy groups -OCH3 is 2. The van der Waals surface area contributed by atoms with Gasteiger partial charge >= 0.3 is 0 Å². The maximum atomic E-state index is 5.39. The molecule has 6 nitrogen and oxygen atoms in total. The van der Waals surface area contributed by atoms with Crippen molar-refractivity contribution in [1.82, 2.24) is 15.5 Å². The predicted octanol–water partition coefficient (Wildman–Crippen LogP) is 1.46. The number of aromatic nitrogens is 2. The van der Waals surface area contributed by atoms with Crippen LogP contribution in [0.3, 0.4) is 0 Å². The molecule has 1 aromatic rings. The van der Waals surface area contributed by atoms with Crippen LogP contribution in [0.5, 0.6) is 0 Å². The van der Waals surface area contributed by atoms with Gasteiger partial charge in [0.1, 0.15) is 6.10 Å². The van der Waals surface area contributed by atoms with Gasteiger partial charge in [0.2, 0.25) is 11.7 Å². The molecule has 1 aromatic heterocycles. The van der Waals surface area contributed by atoms with Crippen LogP contribution in [0.4, 0.5) is 0 Å². The van der Waals surface area contributed by atoms with Crippen molar-refractivity contribution in [2.75, 3.05) is 20.8 Å². The molecule has 3 unspecified atom stereocenters. The second-order valence-corrected chi connectivity index (χ2v) is 4.95. The zero-order chi connectivity index (χ0) is 13.1. The summed E-state index contributed by atoms with van der Waals surface area (Å²) in [5.74, 6) is 1.54. The molecule has 0 amide bonds. The molecule has 6 heteroatoms. The van der Waals surface area contributed by atoms with Gasteiger partial charge in [0, 0.05) is 20.8 Å². The summed E-state index contributed by atoms with van der Waals surface area (Å²) in [4.78, 5) is 4.43. The van der Waals surface area contributed by atoms with Gasteiger partial charge in [0.05, 0.1) is 12.1 Å². The zero-order valence-electron chi connectivity index (χ0n) is 11.3. The number of ether oxygens (including phenoxy) is 2. The quantitative estimate of drug-likeness (QED) is 0.859. The first-order chi connectivity index (χ1) is 8.65. The lowest BCUT2D eigenvalue weighted by Gasteiger charge is -2.14. The minimum Gasteiger partial charge on any atom is -0.380 e. The van der Waals surface area contributed by atoms with E-state index in [0.717, 1.165) is 13.0 Å². The van der Waals surface area contributed by atoms with Gasteiger partial charge in [-0.1, -0.05) is 19.0 Å². The Labute approximate surface area is 107 Å². The molecule has 0 aliphatic carbocycles. The highest BCUT2D eigenvalue weighted by atomic mass is 16.5. The first-order valence-electron chi connectivity index (χ1n) is 6.28. The van der Waals surface area contributed by atoms with Crippen LogP contribution < -0.4 is 5.32 Å². The van der Waals surface area contributed by atoms with Gasteiger partial charge in [-0.25, -0.2) is 0 Å². The lowest BCUT2D eigenvalue weighted by atomic mass is 10.1. The van der Waals surface area contributed by atoms with Crippen molar-refractivity contribution in [3.8, 4) is 0 Å². The molecule has 1 N–H and O–H groups in total. The van der Waals surface area contributed by atoms with E-state index in [2.05, 4.69) is 29.3 Å². The first kappa shape index (κ1) is 13.5. The second-order valence-electron chi connectivity index (χ2n) is 4.95. The van der Waals surface area contributed by atoms with Crippen LogP contribution in [0.2, 0.25) is 0 Å². The topological polar surface area (TPSA) is 69.4 Å². The summed E-state index contributed by atoms with van der Waals surface area (Å²) in [6.07, 6.45) is 0.952. The van der Waals surface area contributed by atoms with Crippen LogP contribution >= 0.6 is 0 Å². The summed E-state index contributed by atoms with van der Waals surface area (Å²) < 4.78 is 16.0. The Kier molecular flexibility index (Phi) is 4.31. The molecule has 1 aliphatic heterocycles. The third-order valence-electron chi connectivity index (χ3n) is 3.29. The normalized spacial score (nSPS) is 25.8. The number of hydrogen-bond donors (Lipinski definition) is 1. The van der Waals surface area contributed by atoms with Gasteiger partial charge < -0.3 is 19.3 Å². The van der Waals surface area contributed by atoms with Gasteiger partial charge in [-0.05, 0) is 12.3 Å². The summed E-state index contributed by atoms with van der Waals surface area (Å²) in [6, 6.07) is 0.0841. The minimum absolute atomic E-state index is 0.0841. The van der Waals surface area contributed by atoms with E-state index in [1.165, 1.54) is 0 Å². The maximum absolute atomic E-state index is 5.39. The molecule has 18 heavy (non-hydrogen) atoms. The molecule has 1 fully saturated rings. The highest BCUT2D eigenvalue weighted by Gasteiger charge is 2.30. The van der Waals surface area contributed by atoms with Gasteiger partial charge in [0.15, 0.2) is 0 Å². The fraction of sp³-hybridized carbons (Fsp3) is 0.833. The first-order valence-corrected chi connectivity index (χ1v) is 6.28. The van der Waals surface area contributed by atoms with Crippen LogP contribution in [0, 0.1) is 5.92 Å². The number of nitrogens with zero attached hydrogens (tertiary/aromatic N) is 2. The Morgan fingerprint density at radius 2 is 2.17 bits per heavy atom. The number of rotatable bonds is 5. The van der Waals surface area contributed by atoms with Gasteiger partial charge in [0.25, 0.3) is 0 Å². The highest BCUT2D eigenvalue weighted by Crippen LogP contribution is 2.27. The van der Waals surface area contributed by atoms with E-state index >= 15 is 0 Å². The van der Waals surface area contributed by atoms with Crippen molar-refractivity contribution in [3.63, 3.8) is 0 Å². The summed E-state index contributed by atoms with van der Waals surface area (Å²) in [5.41, 5.74) is 0. The Morgan fingerprint density at radius 3 is 2.72 bits per heavy atom. The average molecular weight is 255 g/mol. The standard InChI is InChI=1S/C12H21N3O3/c1-7(2)10(17-4)11-14-12(18-15-11)9-5-8(16-3)6-13-9/h7-10,13H,5-6H2,1-4H3. The van der Waals surface area contributed by atoms with Gasteiger partial charge in [-0.2, -0.15) is 4.98 Å². The van der Waals surface area contributed by atoms with Crippen molar-refractivity contribution < 1.29 is 14.0 Å². The SMILES string of the molecule is COC1CNC(c2nc(C(OC)C(C)C)no2)C1. The van der Waals surface area contributed by atoms with E-state index in [1.807, 2.05) is 0 Å². The lowest BCUT2D eigenvalue weighted by molar-refractivity contribution is 0.0555. The fourth-order valence-corrected chi connectivity index (χ4v) is 2.25. The van der Waals surface area contributed by atoms with E-state index in [4.69, 9.17) is 14.0 Å². The average Bonchev–Trinajstić information content (AvgIpc) is 2.96. The Hall–Kier alpha value is -0.980. The minimum atomic E-state index is -0.123. The molecule has 0 radical (unpaired) electrons. The molecular formula is C12H21N3O3. The van der Waals surface area contributed by atoms with Gasteiger partial charge in [-0.15, -0.1) is 0 Å². The van der Waals surface area contributed by atoms with Crippen molar-refractivity contribution >= 4 is 0 Å². The van der Waals surface area contributed by atoms with Crippen LogP contribution in [-0.2, 0) is 9.47 Å². The molecule has 0 bridgehead atoms. The summed E-state index contributed by atoms with van der Waals surface area (Å²) >= 11 is 0. The third-order valence-corrected chi connectivity index (χ3v) is 3.29. The van der Waals surface area contributed by atoms with E-state index in [-0.39, 0.29) is 18.2 Å². The van der Waals surface area contributed by atoms with Gasteiger partial charge in [-0.3, -0.25) is 0 Å². The van der Waals surface area contributed by atoms with Crippen molar-refractivity contribution in [1.29, 1.82) is 0 Å². The molecule has 102 valence electrons. The van der Waals surface area contributed by atoms with Crippen LogP contribution in [0.1, 0.15) is 44.1 Å². The second kappa shape index (κ2) is 5.77. The summed E-state index contributed by atoms with van der Waals surface area (Å²) in [6.45, 7) is 4.95. The van der Waals surface area contributed by atoms with E-state index in [9.17, 15) is 0 Å². The van der Waals surface area contributed by atoms with E-state index in [0.29, 0.717) is 17.6 Å². The third kappa shape index (κ3) is 2.71. The smallest absolute Gasteiger partial charge is 0.243 e. The molecule has 0 spiro atoms. The highest BCUT2D eigenvalue weighted by molar-refractivity contribution is 5.00. The molecule has 0 saturated carbocycles. The van der Waals surface area contributed by atoms with E-state index < -0.39 is 0 Å². The molecule has 1 saturated heterocycles. The number of hydrogen-bond acceptors (Lipinski definition) is 6. The van der Waals surface area contributed by atoms with Crippen LogP contribution in [-0.4, -0.2) is 37.0 Å². The molecule has 0 aromatic carbocycles. The zero-order valence-corrected chi connectivity index (χ0v) is 11.3. The molecular weight excluding hydrogens is 234 g/mol. The molecule has 2 heterocycles.